The number of carbonyl (C=O) groups is 1. The van der Waals surface area contributed by atoms with E-state index in [0.29, 0.717) is 35.7 Å². The molecular formula is C30H25F3N4O4. The molecule has 210 valence electrons. The first-order valence-corrected chi connectivity index (χ1v) is 13.5. The molecule has 0 atom stereocenters. The molecule has 0 amide bonds. The molecule has 0 spiro atoms. The van der Waals surface area contributed by atoms with Crippen molar-refractivity contribution in [3.05, 3.63) is 71.4 Å². The molecule has 1 saturated heterocycles. The Labute approximate surface area is 232 Å². The van der Waals surface area contributed by atoms with Crippen LogP contribution in [0.3, 0.4) is 0 Å². The number of nitrogens with zero attached hydrogens (tertiary/aromatic N) is 4. The van der Waals surface area contributed by atoms with Gasteiger partial charge in [0.1, 0.15) is 17.2 Å². The van der Waals surface area contributed by atoms with Gasteiger partial charge in [-0.25, -0.2) is 9.78 Å². The number of pyridine rings is 2. The average Bonchev–Trinajstić information content (AvgIpc) is 3.86. The molecule has 0 bridgehead atoms. The monoisotopic (exact) mass is 562 g/mol. The number of hydrogen-bond acceptors (Lipinski definition) is 7. The topological polar surface area (TPSA) is 102 Å². The van der Waals surface area contributed by atoms with Crippen LogP contribution in [0.25, 0.3) is 28.2 Å². The van der Waals surface area contributed by atoms with Gasteiger partial charge in [0, 0.05) is 59.4 Å². The summed E-state index contributed by atoms with van der Waals surface area (Å²) in [5, 5.41) is 14.3. The van der Waals surface area contributed by atoms with Crippen molar-refractivity contribution in [2.24, 2.45) is 5.92 Å². The summed E-state index contributed by atoms with van der Waals surface area (Å²) in [5.41, 5.74) is 1.13. The van der Waals surface area contributed by atoms with Crippen molar-refractivity contribution in [2.75, 3.05) is 18.0 Å². The average molecular weight is 563 g/mol. The van der Waals surface area contributed by atoms with Gasteiger partial charge in [-0.2, -0.15) is 13.2 Å². The number of hydrogen-bond donors (Lipinski definition) is 1. The molecule has 3 fully saturated rings. The third-order valence-electron chi connectivity index (χ3n) is 7.64. The van der Waals surface area contributed by atoms with E-state index in [1.807, 2.05) is 24.3 Å². The molecule has 11 heteroatoms. The van der Waals surface area contributed by atoms with E-state index in [9.17, 15) is 23.1 Å². The number of carboxylic acid groups (broad SMARTS) is 1. The largest absolute Gasteiger partial charge is 0.490 e. The third-order valence-corrected chi connectivity index (χ3v) is 7.64. The van der Waals surface area contributed by atoms with Crippen LogP contribution in [-0.2, 0) is 6.18 Å². The number of aromatic nitrogens is 3. The zero-order valence-electron chi connectivity index (χ0n) is 21.8. The normalized spacial score (nSPS) is 17.8. The number of fused-ring (bicyclic) bond motifs is 1. The Morgan fingerprint density at radius 1 is 1.12 bits per heavy atom. The van der Waals surface area contributed by atoms with Gasteiger partial charge in [0.25, 0.3) is 0 Å². The number of aromatic carboxylic acids is 1. The standard InChI is InChI=1S/C30H25F3N4O4/c31-30(32,33)28-21(2-1-11-34-28)26-20(27(41-36-26)17-4-5-17)9-3-16-14-37(15-16)18-6-10-23-22(12-18)25(40-19-7-8-19)13-24(35-23)29(38)39/h1-3,6,9-13,16-17,19H,4-5,7-8,14-15H2,(H,38,39)/b9-3+. The molecule has 4 heterocycles. The second-order valence-corrected chi connectivity index (χ2v) is 10.8. The summed E-state index contributed by atoms with van der Waals surface area (Å²) >= 11 is 0. The smallest absolute Gasteiger partial charge is 0.434 e. The van der Waals surface area contributed by atoms with Crippen molar-refractivity contribution in [1.29, 1.82) is 0 Å². The number of carboxylic acids is 1. The molecule has 3 aromatic heterocycles. The molecule has 0 unspecified atom stereocenters. The molecule has 0 radical (unpaired) electrons. The Bertz CT molecular complexity index is 1690. The highest BCUT2D eigenvalue weighted by atomic mass is 19.4. The van der Waals surface area contributed by atoms with Gasteiger partial charge in [-0.05, 0) is 56.0 Å². The van der Waals surface area contributed by atoms with E-state index in [1.165, 1.54) is 18.2 Å². The predicted molar refractivity (Wildman–Crippen MR) is 144 cm³/mol. The van der Waals surface area contributed by atoms with E-state index in [4.69, 9.17) is 9.26 Å². The third kappa shape index (κ3) is 5.00. The van der Waals surface area contributed by atoms with Crippen LogP contribution in [0, 0.1) is 5.92 Å². The van der Waals surface area contributed by atoms with Gasteiger partial charge in [-0.3, -0.25) is 4.98 Å². The number of ether oxygens (including phenoxy) is 1. The molecule has 4 aromatic rings. The van der Waals surface area contributed by atoms with Crippen LogP contribution in [0.5, 0.6) is 5.75 Å². The summed E-state index contributed by atoms with van der Waals surface area (Å²) in [7, 11) is 0. The second-order valence-electron chi connectivity index (χ2n) is 10.8. The van der Waals surface area contributed by atoms with Gasteiger partial charge in [0.05, 0.1) is 11.6 Å². The number of alkyl halides is 3. The number of benzene rings is 1. The summed E-state index contributed by atoms with van der Waals surface area (Å²) in [6.45, 7) is 1.42. The molecule has 2 saturated carbocycles. The van der Waals surface area contributed by atoms with Crippen LogP contribution in [0.4, 0.5) is 18.9 Å². The molecule has 41 heavy (non-hydrogen) atoms. The van der Waals surface area contributed by atoms with Crippen molar-refractivity contribution in [3.8, 4) is 17.0 Å². The second kappa shape index (κ2) is 9.60. The highest BCUT2D eigenvalue weighted by Gasteiger charge is 2.38. The van der Waals surface area contributed by atoms with Crippen LogP contribution in [0.1, 0.15) is 59.1 Å². The first-order chi connectivity index (χ1) is 19.7. The van der Waals surface area contributed by atoms with E-state index in [2.05, 4.69) is 20.0 Å². The van der Waals surface area contributed by atoms with Crippen molar-refractivity contribution in [1.82, 2.24) is 15.1 Å². The molecule has 7 rings (SSSR count). The van der Waals surface area contributed by atoms with Crippen molar-refractivity contribution < 1.29 is 32.3 Å². The molecule has 1 N–H and O–H groups in total. The van der Waals surface area contributed by atoms with Crippen LogP contribution in [0.15, 0.2) is 53.2 Å². The van der Waals surface area contributed by atoms with E-state index in [-0.39, 0.29) is 34.9 Å². The molecule has 1 aliphatic heterocycles. The molecular weight excluding hydrogens is 537 g/mol. The molecule has 3 aliphatic rings. The van der Waals surface area contributed by atoms with Gasteiger partial charge in [-0.15, -0.1) is 0 Å². The van der Waals surface area contributed by atoms with E-state index >= 15 is 0 Å². The zero-order chi connectivity index (χ0) is 28.3. The fraction of sp³-hybridized carbons (Fsp3) is 0.333. The Balaban J connectivity index is 1.13. The fourth-order valence-corrected chi connectivity index (χ4v) is 5.16. The quantitative estimate of drug-likeness (QED) is 0.257. The first-order valence-electron chi connectivity index (χ1n) is 13.5. The van der Waals surface area contributed by atoms with Crippen molar-refractivity contribution in [2.45, 2.75) is 43.9 Å². The summed E-state index contributed by atoms with van der Waals surface area (Å²) in [6.07, 6.45) is 4.19. The lowest BCUT2D eigenvalue weighted by molar-refractivity contribution is -0.140. The summed E-state index contributed by atoms with van der Waals surface area (Å²) < 4.78 is 52.6. The van der Waals surface area contributed by atoms with Gasteiger partial charge in [0.15, 0.2) is 11.4 Å². The minimum absolute atomic E-state index is 0.0534. The summed E-state index contributed by atoms with van der Waals surface area (Å²) in [4.78, 5) is 21.6. The van der Waals surface area contributed by atoms with Gasteiger partial charge < -0.3 is 19.3 Å². The minimum atomic E-state index is -4.61. The summed E-state index contributed by atoms with van der Waals surface area (Å²) in [5.74, 6) is 0.379. The maximum Gasteiger partial charge on any atom is 0.434 e. The van der Waals surface area contributed by atoms with Gasteiger partial charge >= 0.3 is 12.1 Å². The van der Waals surface area contributed by atoms with E-state index < -0.39 is 17.8 Å². The fourth-order valence-electron chi connectivity index (χ4n) is 5.16. The van der Waals surface area contributed by atoms with Crippen LogP contribution in [-0.4, -0.2) is 45.4 Å². The van der Waals surface area contributed by atoms with Crippen LogP contribution >= 0.6 is 0 Å². The predicted octanol–water partition coefficient (Wildman–Crippen LogP) is 6.57. The van der Waals surface area contributed by atoms with E-state index in [1.54, 1.807) is 6.07 Å². The SMILES string of the molecule is O=C(O)c1cc(OC2CC2)c2cc(N3CC(/C=C/c4c(-c5cccnc5C(F)(F)F)noc4C4CC4)C3)ccc2n1. The van der Waals surface area contributed by atoms with E-state index in [0.717, 1.165) is 43.0 Å². The highest BCUT2D eigenvalue weighted by Crippen LogP contribution is 2.46. The maximum atomic E-state index is 13.7. The number of anilines is 1. The van der Waals surface area contributed by atoms with Crippen molar-refractivity contribution >= 4 is 28.6 Å². The lowest BCUT2D eigenvalue weighted by atomic mass is 9.95. The number of rotatable bonds is 8. The molecule has 1 aromatic carbocycles. The Morgan fingerprint density at radius 2 is 1.93 bits per heavy atom. The lowest BCUT2D eigenvalue weighted by Gasteiger charge is -2.39. The summed E-state index contributed by atoms with van der Waals surface area (Å²) in [6, 6.07) is 10.0. The number of halogens is 3. The first kappa shape index (κ1) is 25.6. The Hall–Kier alpha value is -4.41. The van der Waals surface area contributed by atoms with Gasteiger partial charge in [0.2, 0.25) is 0 Å². The molecule has 8 nitrogen and oxygen atoms in total. The Kier molecular flexibility index (Phi) is 5.98. The zero-order valence-corrected chi connectivity index (χ0v) is 21.8. The van der Waals surface area contributed by atoms with Crippen LogP contribution < -0.4 is 9.64 Å². The molecule has 2 aliphatic carbocycles. The highest BCUT2D eigenvalue weighted by molar-refractivity contribution is 5.94. The lowest BCUT2D eigenvalue weighted by Crippen LogP contribution is -2.45. The van der Waals surface area contributed by atoms with Crippen molar-refractivity contribution in [3.63, 3.8) is 0 Å². The maximum absolute atomic E-state index is 13.7. The van der Waals surface area contributed by atoms with Crippen LogP contribution in [0.2, 0.25) is 0 Å². The Morgan fingerprint density at radius 3 is 2.63 bits per heavy atom. The van der Waals surface area contributed by atoms with Gasteiger partial charge in [-0.1, -0.05) is 17.3 Å². The minimum Gasteiger partial charge on any atom is -0.490 e.